The molecule has 4 nitrogen and oxygen atoms in total. The molecule has 2 aromatic rings. The minimum atomic E-state index is -0.378. The van der Waals surface area contributed by atoms with E-state index in [4.69, 9.17) is 10.8 Å². The SMILES string of the molecule is Cn1ncc(-c2cc(CO)ccc2F)c1N. The van der Waals surface area contributed by atoms with Crippen molar-refractivity contribution < 1.29 is 9.50 Å². The van der Waals surface area contributed by atoms with E-state index in [1.165, 1.54) is 23.0 Å². The van der Waals surface area contributed by atoms with Crippen LogP contribution in [0, 0.1) is 5.82 Å². The number of rotatable bonds is 2. The summed E-state index contributed by atoms with van der Waals surface area (Å²) in [6, 6.07) is 4.42. The fraction of sp³-hybridized carbons (Fsp3) is 0.182. The molecular weight excluding hydrogens is 209 g/mol. The maximum Gasteiger partial charge on any atom is 0.131 e. The second-order valence-corrected chi connectivity index (χ2v) is 3.54. The van der Waals surface area contributed by atoms with Gasteiger partial charge in [-0.3, -0.25) is 4.68 Å². The Morgan fingerprint density at radius 1 is 1.44 bits per heavy atom. The number of aryl methyl sites for hydroxylation is 1. The van der Waals surface area contributed by atoms with Gasteiger partial charge in [-0.1, -0.05) is 6.07 Å². The third-order valence-electron chi connectivity index (χ3n) is 2.49. The van der Waals surface area contributed by atoms with E-state index in [2.05, 4.69) is 5.10 Å². The van der Waals surface area contributed by atoms with Crippen molar-refractivity contribution in [3.05, 3.63) is 35.8 Å². The number of nitrogen functional groups attached to an aromatic ring is 1. The molecule has 0 fully saturated rings. The molecular formula is C11H12FN3O. The van der Waals surface area contributed by atoms with Crippen molar-refractivity contribution in [1.82, 2.24) is 9.78 Å². The summed E-state index contributed by atoms with van der Waals surface area (Å²) in [4.78, 5) is 0. The molecule has 0 bridgehead atoms. The van der Waals surface area contributed by atoms with Gasteiger partial charge in [0.25, 0.3) is 0 Å². The number of nitrogens with two attached hydrogens (primary N) is 1. The van der Waals surface area contributed by atoms with Crippen molar-refractivity contribution in [2.45, 2.75) is 6.61 Å². The highest BCUT2D eigenvalue weighted by Crippen LogP contribution is 2.28. The molecule has 1 heterocycles. The van der Waals surface area contributed by atoms with Crippen molar-refractivity contribution in [3.63, 3.8) is 0 Å². The summed E-state index contributed by atoms with van der Waals surface area (Å²) in [6.45, 7) is -0.132. The lowest BCUT2D eigenvalue weighted by atomic mass is 10.1. The maximum absolute atomic E-state index is 13.6. The molecule has 0 radical (unpaired) electrons. The largest absolute Gasteiger partial charge is 0.392 e. The Hall–Kier alpha value is -1.88. The molecule has 2 rings (SSSR count). The minimum absolute atomic E-state index is 0.132. The number of hydrogen-bond donors (Lipinski definition) is 2. The highest BCUT2D eigenvalue weighted by atomic mass is 19.1. The highest BCUT2D eigenvalue weighted by Gasteiger charge is 2.12. The zero-order chi connectivity index (χ0) is 11.7. The van der Waals surface area contributed by atoms with E-state index in [0.29, 0.717) is 22.5 Å². The Kier molecular flexibility index (Phi) is 2.62. The first-order chi connectivity index (χ1) is 7.63. The number of aliphatic hydroxyl groups is 1. The lowest BCUT2D eigenvalue weighted by Crippen LogP contribution is -1.99. The van der Waals surface area contributed by atoms with Crippen LogP contribution >= 0.6 is 0 Å². The van der Waals surface area contributed by atoms with Crippen molar-refractivity contribution in [2.24, 2.45) is 7.05 Å². The summed E-state index contributed by atoms with van der Waals surface area (Å²) >= 11 is 0. The molecule has 5 heteroatoms. The second kappa shape index (κ2) is 3.94. The first-order valence-corrected chi connectivity index (χ1v) is 4.80. The fourth-order valence-corrected chi connectivity index (χ4v) is 1.53. The van der Waals surface area contributed by atoms with Crippen LogP contribution in [0.3, 0.4) is 0 Å². The van der Waals surface area contributed by atoms with Crippen LogP contribution in [-0.2, 0) is 13.7 Å². The summed E-state index contributed by atoms with van der Waals surface area (Å²) in [5.41, 5.74) is 7.30. The Bertz CT molecular complexity index is 522. The summed E-state index contributed by atoms with van der Waals surface area (Å²) in [7, 11) is 1.69. The average molecular weight is 221 g/mol. The standard InChI is InChI=1S/C11H12FN3O/c1-15-11(13)9(5-14-15)8-4-7(6-16)2-3-10(8)12/h2-5,16H,6,13H2,1H3. The van der Waals surface area contributed by atoms with Gasteiger partial charge < -0.3 is 10.8 Å². The van der Waals surface area contributed by atoms with Crippen LogP contribution in [0.25, 0.3) is 11.1 Å². The van der Waals surface area contributed by atoms with Gasteiger partial charge in [-0.2, -0.15) is 5.10 Å². The molecule has 3 N–H and O–H groups in total. The van der Waals surface area contributed by atoms with Crippen LogP contribution in [-0.4, -0.2) is 14.9 Å². The third-order valence-corrected chi connectivity index (χ3v) is 2.49. The second-order valence-electron chi connectivity index (χ2n) is 3.54. The summed E-state index contributed by atoms with van der Waals surface area (Å²) in [5, 5.41) is 13.0. The predicted molar refractivity (Wildman–Crippen MR) is 58.9 cm³/mol. The quantitative estimate of drug-likeness (QED) is 0.803. The van der Waals surface area contributed by atoms with Gasteiger partial charge in [0, 0.05) is 18.2 Å². The first-order valence-electron chi connectivity index (χ1n) is 4.80. The number of anilines is 1. The van der Waals surface area contributed by atoms with E-state index in [-0.39, 0.29) is 12.4 Å². The van der Waals surface area contributed by atoms with Crippen molar-refractivity contribution in [1.29, 1.82) is 0 Å². The molecule has 84 valence electrons. The van der Waals surface area contributed by atoms with E-state index >= 15 is 0 Å². The Morgan fingerprint density at radius 3 is 2.75 bits per heavy atom. The van der Waals surface area contributed by atoms with Gasteiger partial charge in [-0.05, 0) is 17.7 Å². The zero-order valence-corrected chi connectivity index (χ0v) is 8.81. The Balaban J connectivity index is 2.59. The van der Waals surface area contributed by atoms with Gasteiger partial charge in [-0.15, -0.1) is 0 Å². The van der Waals surface area contributed by atoms with Crippen molar-refractivity contribution >= 4 is 5.82 Å². The molecule has 0 saturated heterocycles. The molecule has 0 unspecified atom stereocenters. The number of benzene rings is 1. The summed E-state index contributed by atoms with van der Waals surface area (Å²) in [5.74, 6) is 0.0193. The van der Waals surface area contributed by atoms with Gasteiger partial charge in [0.15, 0.2) is 0 Å². The van der Waals surface area contributed by atoms with Gasteiger partial charge >= 0.3 is 0 Å². The lowest BCUT2D eigenvalue weighted by Gasteiger charge is -2.04. The van der Waals surface area contributed by atoms with Gasteiger partial charge in [0.2, 0.25) is 0 Å². The molecule has 0 amide bonds. The van der Waals surface area contributed by atoms with Gasteiger partial charge in [-0.25, -0.2) is 4.39 Å². The van der Waals surface area contributed by atoms with Crippen LogP contribution in [0.15, 0.2) is 24.4 Å². The van der Waals surface area contributed by atoms with Gasteiger partial charge in [0.05, 0.1) is 12.8 Å². The number of aliphatic hydroxyl groups excluding tert-OH is 1. The molecule has 1 aromatic heterocycles. The first kappa shape index (κ1) is 10.6. The monoisotopic (exact) mass is 221 g/mol. The fourth-order valence-electron chi connectivity index (χ4n) is 1.53. The molecule has 0 aliphatic heterocycles. The third kappa shape index (κ3) is 1.65. The predicted octanol–water partition coefficient (Wildman–Crippen LogP) is 1.30. The van der Waals surface area contributed by atoms with Crippen molar-refractivity contribution in [3.8, 4) is 11.1 Å². The van der Waals surface area contributed by atoms with E-state index in [0.717, 1.165) is 0 Å². The van der Waals surface area contributed by atoms with Crippen LogP contribution in [0.2, 0.25) is 0 Å². The van der Waals surface area contributed by atoms with Crippen LogP contribution < -0.4 is 5.73 Å². The summed E-state index contributed by atoms with van der Waals surface area (Å²) in [6.07, 6.45) is 1.51. The minimum Gasteiger partial charge on any atom is -0.392 e. The lowest BCUT2D eigenvalue weighted by molar-refractivity contribution is 0.282. The molecule has 0 atom stereocenters. The van der Waals surface area contributed by atoms with Crippen molar-refractivity contribution in [2.75, 3.05) is 5.73 Å². The van der Waals surface area contributed by atoms with Crippen LogP contribution in [0.5, 0.6) is 0 Å². The molecule has 0 aliphatic rings. The molecule has 0 spiro atoms. The molecule has 0 aliphatic carbocycles. The summed E-state index contributed by atoms with van der Waals surface area (Å²) < 4.78 is 15.1. The smallest absolute Gasteiger partial charge is 0.131 e. The number of aromatic nitrogens is 2. The molecule has 0 saturated carbocycles. The normalized spacial score (nSPS) is 10.7. The molecule has 1 aromatic carbocycles. The van der Waals surface area contributed by atoms with Crippen LogP contribution in [0.1, 0.15) is 5.56 Å². The van der Waals surface area contributed by atoms with E-state index in [1.807, 2.05) is 0 Å². The van der Waals surface area contributed by atoms with E-state index in [1.54, 1.807) is 13.1 Å². The number of hydrogen-bond acceptors (Lipinski definition) is 3. The average Bonchev–Trinajstić information content (AvgIpc) is 2.61. The topological polar surface area (TPSA) is 64.1 Å². The maximum atomic E-state index is 13.6. The number of halogens is 1. The highest BCUT2D eigenvalue weighted by molar-refractivity contribution is 5.74. The van der Waals surface area contributed by atoms with Gasteiger partial charge in [0.1, 0.15) is 11.6 Å². The Morgan fingerprint density at radius 2 is 2.19 bits per heavy atom. The van der Waals surface area contributed by atoms with E-state index < -0.39 is 0 Å². The zero-order valence-electron chi connectivity index (χ0n) is 8.81. The van der Waals surface area contributed by atoms with Crippen LogP contribution in [0.4, 0.5) is 10.2 Å². The Labute approximate surface area is 92.1 Å². The number of nitrogens with zero attached hydrogens (tertiary/aromatic N) is 2. The molecule has 16 heavy (non-hydrogen) atoms. The van der Waals surface area contributed by atoms with E-state index in [9.17, 15) is 4.39 Å².